The summed E-state index contributed by atoms with van der Waals surface area (Å²) in [4.78, 5) is 8.05. The van der Waals surface area contributed by atoms with Crippen LogP contribution in [0.4, 0.5) is 0 Å². The lowest BCUT2D eigenvalue weighted by atomic mass is 10.2. The highest BCUT2D eigenvalue weighted by Gasteiger charge is 2.05. The van der Waals surface area contributed by atoms with E-state index in [9.17, 15) is 0 Å². The van der Waals surface area contributed by atoms with Gasteiger partial charge in [-0.2, -0.15) is 0 Å². The molecule has 0 aliphatic carbocycles. The van der Waals surface area contributed by atoms with Crippen LogP contribution in [0.15, 0.2) is 24.5 Å². The van der Waals surface area contributed by atoms with Crippen LogP contribution in [0.2, 0.25) is 5.15 Å². The van der Waals surface area contributed by atoms with Gasteiger partial charge in [0.15, 0.2) is 0 Å². The van der Waals surface area contributed by atoms with Crippen LogP contribution < -0.4 is 4.74 Å². The molecule has 0 radical (unpaired) electrons. The third-order valence-corrected chi connectivity index (χ3v) is 2.18. The Morgan fingerprint density at radius 3 is 3.00 bits per heavy atom. The van der Waals surface area contributed by atoms with E-state index in [0.717, 1.165) is 16.7 Å². The number of para-hydroxylation sites is 1. The number of nitrogens with zero attached hydrogens (tertiary/aromatic N) is 2. The summed E-state index contributed by atoms with van der Waals surface area (Å²) in [5.74, 6) is 0.745. The topological polar surface area (TPSA) is 35.0 Å². The molecule has 0 spiro atoms. The van der Waals surface area contributed by atoms with Crippen LogP contribution in [0.3, 0.4) is 0 Å². The highest BCUT2D eigenvalue weighted by Crippen LogP contribution is 2.26. The lowest BCUT2D eigenvalue weighted by Gasteiger charge is -2.05. The van der Waals surface area contributed by atoms with E-state index in [4.69, 9.17) is 16.3 Å². The van der Waals surface area contributed by atoms with Gasteiger partial charge in [0.2, 0.25) is 0 Å². The standard InChI is InChI=1S/C10H9ClN2O/c1-2-14-8-5-3-4-7-9(8)12-6-13-10(7)11/h3-6H,2H2,1H3. The zero-order valence-electron chi connectivity index (χ0n) is 7.70. The Morgan fingerprint density at radius 1 is 1.36 bits per heavy atom. The summed E-state index contributed by atoms with van der Waals surface area (Å²) < 4.78 is 5.43. The van der Waals surface area contributed by atoms with E-state index in [0.29, 0.717) is 11.8 Å². The van der Waals surface area contributed by atoms with Crippen LogP contribution in [-0.4, -0.2) is 16.6 Å². The first-order valence-electron chi connectivity index (χ1n) is 4.35. The van der Waals surface area contributed by atoms with Crippen molar-refractivity contribution in [3.63, 3.8) is 0 Å². The molecule has 1 aromatic carbocycles. The van der Waals surface area contributed by atoms with E-state index in [1.165, 1.54) is 6.33 Å². The summed E-state index contributed by atoms with van der Waals surface area (Å²) in [5.41, 5.74) is 0.759. The summed E-state index contributed by atoms with van der Waals surface area (Å²) in [7, 11) is 0. The second-order valence-electron chi connectivity index (χ2n) is 2.75. The van der Waals surface area contributed by atoms with Crippen molar-refractivity contribution in [1.82, 2.24) is 9.97 Å². The lowest BCUT2D eigenvalue weighted by Crippen LogP contribution is -1.94. The number of hydrogen-bond acceptors (Lipinski definition) is 3. The first-order chi connectivity index (χ1) is 6.83. The minimum absolute atomic E-state index is 0.455. The van der Waals surface area contributed by atoms with Crippen molar-refractivity contribution in [2.45, 2.75) is 6.92 Å². The molecule has 14 heavy (non-hydrogen) atoms. The number of benzene rings is 1. The normalized spacial score (nSPS) is 10.4. The molecule has 2 rings (SSSR count). The SMILES string of the molecule is CCOc1cccc2c(Cl)ncnc12. The van der Waals surface area contributed by atoms with Crippen molar-refractivity contribution in [2.24, 2.45) is 0 Å². The molecule has 0 aliphatic rings. The lowest BCUT2D eigenvalue weighted by molar-refractivity contribution is 0.343. The monoisotopic (exact) mass is 208 g/mol. The Hall–Kier alpha value is -1.35. The molecule has 0 amide bonds. The molecule has 1 heterocycles. The highest BCUT2D eigenvalue weighted by atomic mass is 35.5. The molecule has 4 heteroatoms. The van der Waals surface area contributed by atoms with Crippen molar-refractivity contribution in [3.05, 3.63) is 29.7 Å². The third kappa shape index (κ3) is 1.51. The predicted molar refractivity (Wildman–Crippen MR) is 55.7 cm³/mol. The maximum Gasteiger partial charge on any atom is 0.145 e. The molecule has 1 aromatic heterocycles. The van der Waals surface area contributed by atoms with Gasteiger partial charge in [0, 0.05) is 5.39 Å². The van der Waals surface area contributed by atoms with Crippen LogP contribution in [0.25, 0.3) is 10.9 Å². The number of rotatable bonds is 2. The first-order valence-corrected chi connectivity index (χ1v) is 4.72. The fraction of sp³-hybridized carbons (Fsp3) is 0.200. The zero-order valence-corrected chi connectivity index (χ0v) is 8.45. The second kappa shape index (κ2) is 3.80. The number of fused-ring (bicyclic) bond motifs is 1. The van der Waals surface area contributed by atoms with Crippen LogP contribution in [0.1, 0.15) is 6.92 Å². The number of halogens is 1. The summed E-state index contributed by atoms with van der Waals surface area (Å²) in [6, 6.07) is 5.62. The molecule has 72 valence electrons. The van der Waals surface area contributed by atoms with Gasteiger partial charge in [-0.25, -0.2) is 9.97 Å². The summed E-state index contributed by atoms with van der Waals surface area (Å²) in [6.07, 6.45) is 1.44. The maximum atomic E-state index is 5.92. The molecule has 0 bridgehead atoms. The van der Waals surface area contributed by atoms with E-state index in [1.807, 2.05) is 25.1 Å². The molecular weight excluding hydrogens is 200 g/mol. The largest absolute Gasteiger partial charge is 0.492 e. The van der Waals surface area contributed by atoms with Gasteiger partial charge in [-0.05, 0) is 19.1 Å². The van der Waals surface area contributed by atoms with Gasteiger partial charge in [0.25, 0.3) is 0 Å². The Balaban J connectivity index is 2.68. The average molecular weight is 209 g/mol. The fourth-order valence-electron chi connectivity index (χ4n) is 1.30. The fourth-order valence-corrected chi connectivity index (χ4v) is 1.50. The summed E-state index contributed by atoms with van der Waals surface area (Å²) >= 11 is 5.92. The van der Waals surface area contributed by atoms with Gasteiger partial charge in [-0.3, -0.25) is 0 Å². The van der Waals surface area contributed by atoms with Gasteiger partial charge in [-0.15, -0.1) is 0 Å². The van der Waals surface area contributed by atoms with E-state index < -0.39 is 0 Å². The maximum absolute atomic E-state index is 5.92. The van der Waals surface area contributed by atoms with Crippen molar-refractivity contribution < 1.29 is 4.74 Å². The smallest absolute Gasteiger partial charge is 0.145 e. The third-order valence-electron chi connectivity index (χ3n) is 1.88. The molecule has 0 aliphatic heterocycles. The molecule has 0 N–H and O–H groups in total. The van der Waals surface area contributed by atoms with Crippen molar-refractivity contribution >= 4 is 22.5 Å². The molecule has 0 fully saturated rings. The molecular formula is C10H9ClN2O. The number of ether oxygens (including phenoxy) is 1. The number of aromatic nitrogens is 2. The molecule has 0 saturated heterocycles. The minimum Gasteiger partial charge on any atom is -0.492 e. The van der Waals surface area contributed by atoms with Crippen LogP contribution in [-0.2, 0) is 0 Å². The minimum atomic E-state index is 0.455. The van der Waals surface area contributed by atoms with Crippen LogP contribution >= 0.6 is 11.6 Å². The van der Waals surface area contributed by atoms with Gasteiger partial charge in [-0.1, -0.05) is 17.7 Å². The highest BCUT2D eigenvalue weighted by molar-refractivity contribution is 6.34. The quantitative estimate of drug-likeness (QED) is 0.712. The molecule has 0 saturated carbocycles. The Bertz CT molecular complexity index is 459. The molecule has 0 atom stereocenters. The molecule has 3 nitrogen and oxygen atoms in total. The van der Waals surface area contributed by atoms with Gasteiger partial charge in [0.1, 0.15) is 22.7 Å². The van der Waals surface area contributed by atoms with Crippen molar-refractivity contribution in [3.8, 4) is 5.75 Å². The molecule has 0 unspecified atom stereocenters. The average Bonchev–Trinajstić information content (AvgIpc) is 2.20. The summed E-state index contributed by atoms with van der Waals surface area (Å²) in [6.45, 7) is 2.54. The molecule has 2 aromatic rings. The van der Waals surface area contributed by atoms with Crippen molar-refractivity contribution in [1.29, 1.82) is 0 Å². The van der Waals surface area contributed by atoms with Gasteiger partial charge in [0.05, 0.1) is 6.61 Å². The first kappa shape index (κ1) is 9.21. The summed E-state index contributed by atoms with van der Waals surface area (Å²) in [5, 5.41) is 1.27. The van der Waals surface area contributed by atoms with Gasteiger partial charge >= 0.3 is 0 Å². The van der Waals surface area contributed by atoms with E-state index >= 15 is 0 Å². The number of hydrogen-bond donors (Lipinski definition) is 0. The Kier molecular flexibility index (Phi) is 2.50. The van der Waals surface area contributed by atoms with Gasteiger partial charge < -0.3 is 4.74 Å². The van der Waals surface area contributed by atoms with E-state index in [1.54, 1.807) is 0 Å². The Labute approximate surface area is 86.7 Å². The zero-order chi connectivity index (χ0) is 9.97. The van der Waals surface area contributed by atoms with E-state index in [2.05, 4.69) is 9.97 Å². The predicted octanol–water partition coefficient (Wildman–Crippen LogP) is 2.68. The van der Waals surface area contributed by atoms with Crippen molar-refractivity contribution in [2.75, 3.05) is 6.61 Å². The van der Waals surface area contributed by atoms with Crippen LogP contribution in [0, 0.1) is 0 Å². The van der Waals surface area contributed by atoms with Crippen LogP contribution in [0.5, 0.6) is 5.75 Å². The van der Waals surface area contributed by atoms with E-state index in [-0.39, 0.29) is 0 Å². The Morgan fingerprint density at radius 2 is 2.21 bits per heavy atom. The second-order valence-corrected chi connectivity index (χ2v) is 3.11.